The molecule has 0 aliphatic carbocycles. The summed E-state index contributed by atoms with van der Waals surface area (Å²) < 4.78 is 0. The number of hydrogen-bond acceptors (Lipinski definition) is 3. The Balaban J connectivity index is 1.66. The molecule has 0 saturated carbocycles. The van der Waals surface area contributed by atoms with Crippen molar-refractivity contribution in [3.8, 4) is 0 Å². The number of rotatable bonds is 7. The normalized spacial score (nSPS) is 11.7. The Morgan fingerprint density at radius 3 is 2.28 bits per heavy atom. The minimum Gasteiger partial charge on any atom is -0.348 e. The number of thioether (sulfide) groups is 1. The lowest BCUT2D eigenvalue weighted by molar-refractivity contribution is -0.119. The SMILES string of the molecule is O=C(CSc1ccccn1)N[C@H](Cc1ccccc1)c1ccccc1. The highest BCUT2D eigenvalue weighted by Crippen LogP contribution is 2.19. The van der Waals surface area contributed by atoms with E-state index in [4.69, 9.17) is 0 Å². The number of nitrogens with one attached hydrogen (secondary N) is 1. The number of hydrogen-bond donors (Lipinski definition) is 1. The minimum absolute atomic E-state index is 0.0143. The first-order chi connectivity index (χ1) is 12.3. The van der Waals surface area contributed by atoms with Crippen molar-refractivity contribution >= 4 is 17.7 Å². The molecule has 0 spiro atoms. The van der Waals surface area contributed by atoms with Gasteiger partial charge in [0, 0.05) is 6.20 Å². The Morgan fingerprint density at radius 2 is 1.60 bits per heavy atom. The Hall–Kier alpha value is -2.59. The van der Waals surface area contributed by atoms with E-state index in [9.17, 15) is 4.79 Å². The van der Waals surface area contributed by atoms with Crippen LogP contribution in [0.1, 0.15) is 17.2 Å². The third-order valence-corrected chi connectivity index (χ3v) is 4.75. The summed E-state index contributed by atoms with van der Waals surface area (Å²) in [4.78, 5) is 16.7. The van der Waals surface area contributed by atoms with Gasteiger partial charge in [0.2, 0.25) is 5.91 Å². The number of benzene rings is 2. The highest BCUT2D eigenvalue weighted by molar-refractivity contribution is 7.99. The first-order valence-corrected chi connectivity index (χ1v) is 9.22. The fraction of sp³-hybridized carbons (Fsp3) is 0.143. The standard InChI is InChI=1S/C21H20N2OS/c24-20(16-25-21-13-7-8-14-22-21)23-19(18-11-5-2-6-12-18)15-17-9-3-1-4-10-17/h1-14,19H,15-16H2,(H,23,24)/t19-/m1/s1. The van der Waals surface area contributed by atoms with Crippen LogP contribution in [0, 0.1) is 0 Å². The van der Waals surface area contributed by atoms with Gasteiger partial charge < -0.3 is 5.32 Å². The quantitative estimate of drug-likeness (QED) is 0.648. The number of nitrogens with zero attached hydrogens (tertiary/aromatic N) is 1. The molecule has 2 aromatic carbocycles. The zero-order chi connectivity index (χ0) is 17.3. The molecule has 1 aromatic heterocycles. The molecule has 0 unspecified atom stereocenters. The lowest BCUT2D eigenvalue weighted by Crippen LogP contribution is -2.31. The molecule has 3 rings (SSSR count). The fourth-order valence-electron chi connectivity index (χ4n) is 2.60. The smallest absolute Gasteiger partial charge is 0.230 e. The second-order valence-electron chi connectivity index (χ2n) is 5.68. The van der Waals surface area contributed by atoms with E-state index in [1.165, 1.54) is 17.3 Å². The van der Waals surface area contributed by atoms with Gasteiger partial charge in [-0.25, -0.2) is 4.98 Å². The monoisotopic (exact) mass is 348 g/mol. The van der Waals surface area contributed by atoms with Crippen LogP contribution in [-0.4, -0.2) is 16.6 Å². The molecule has 1 heterocycles. The predicted molar refractivity (Wildman–Crippen MR) is 102 cm³/mol. The van der Waals surface area contributed by atoms with Gasteiger partial charge >= 0.3 is 0 Å². The third-order valence-electron chi connectivity index (χ3n) is 3.81. The first kappa shape index (κ1) is 17.2. The van der Waals surface area contributed by atoms with E-state index >= 15 is 0 Å². The van der Waals surface area contributed by atoms with Crippen molar-refractivity contribution in [3.63, 3.8) is 0 Å². The molecule has 126 valence electrons. The number of carbonyl (C=O) groups excluding carboxylic acids is 1. The average molecular weight is 348 g/mol. The molecule has 0 aliphatic rings. The number of pyridine rings is 1. The van der Waals surface area contributed by atoms with E-state index in [1.807, 2.05) is 54.6 Å². The van der Waals surface area contributed by atoms with Crippen LogP contribution in [0.25, 0.3) is 0 Å². The molecule has 0 radical (unpaired) electrons. The maximum Gasteiger partial charge on any atom is 0.230 e. The van der Waals surface area contributed by atoms with Crippen molar-refractivity contribution in [2.45, 2.75) is 17.5 Å². The zero-order valence-electron chi connectivity index (χ0n) is 13.8. The lowest BCUT2D eigenvalue weighted by Gasteiger charge is -2.19. The van der Waals surface area contributed by atoms with Crippen molar-refractivity contribution in [2.24, 2.45) is 0 Å². The summed E-state index contributed by atoms with van der Waals surface area (Å²) >= 11 is 1.45. The van der Waals surface area contributed by atoms with Gasteiger partial charge in [0.25, 0.3) is 0 Å². The van der Waals surface area contributed by atoms with Crippen LogP contribution in [0.2, 0.25) is 0 Å². The summed E-state index contributed by atoms with van der Waals surface area (Å²) in [5.41, 5.74) is 2.32. The van der Waals surface area contributed by atoms with Crippen LogP contribution in [0.4, 0.5) is 0 Å². The summed E-state index contributed by atoms with van der Waals surface area (Å²) in [6.07, 6.45) is 2.51. The largest absolute Gasteiger partial charge is 0.348 e. The van der Waals surface area contributed by atoms with Crippen LogP contribution in [0.15, 0.2) is 90.1 Å². The number of aromatic nitrogens is 1. The average Bonchev–Trinajstić information content (AvgIpc) is 2.68. The van der Waals surface area contributed by atoms with Crippen molar-refractivity contribution < 1.29 is 4.79 Å². The van der Waals surface area contributed by atoms with E-state index in [-0.39, 0.29) is 11.9 Å². The summed E-state index contributed by atoms with van der Waals surface area (Å²) in [6.45, 7) is 0. The van der Waals surface area contributed by atoms with E-state index < -0.39 is 0 Å². The summed E-state index contributed by atoms with van der Waals surface area (Å²) in [5, 5.41) is 4.02. The topological polar surface area (TPSA) is 42.0 Å². The number of carbonyl (C=O) groups is 1. The molecule has 3 nitrogen and oxygen atoms in total. The maximum atomic E-state index is 12.4. The van der Waals surface area contributed by atoms with Crippen LogP contribution < -0.4 is 5.32 Å². The highest BCUT2D eigenvalue weighted by Gasteiger charge is 2.15. The number of amides is 1. The Bertz CT molecular complexity index is 779. The third kappa shape index (κ3) is 5.47. The van der Waals surface area contributed by atoms with Crippen LogP contribution >= 0.6 is 11.8 Å². The molecular weight excluding hydrogens is 328 g/mol. The molecule has 0 saturated heterocycles. The Labute approximate surface area is 152 Å². The molecule has 0 bridgehead atoms. The zero-order valence-corrected chi connectivity index (χ0v) is 14.7. The molecule has 4 heteroatoms. The van der Waals surface area contributed by atoms with Gasteiger partial charge in [0.1, 0.15) is 0 Å². The van der Waals surface area contributed by atoms with Gasteiger partial charge in [-0.3, -0.25) is 4.79 Å². The molecule has 0 aliphatic heterocycles. The van der Waals surface area contributed by atoms with Crippen LogP contribution in [-0.2, 0) is 11.2 Å². The van der Waals surface area contributed by atoms with E-state index in [0.717, 1.165) is 17.0 Å². The summed E-state index contributed by atoms with van der Waals surface area (Å²) in [5.74, 6) is 0.371. The fourth-order valence-corrected chi connectivity index (χ4v) is 3.27. The molecule has 1 N–H and O–H groups in total. The molecule has 1 amide bonds. The highest BCUT2D eigenvalue weighted by atomic mass is 32.2. The van der Waals surface area contributed by atoms with Crippen molar-refractivity contribution in [3.05, 3.63) is 96.2 Å². The van der Waals surface area contributed by atoms with Gasteiger partial charge in [-0.2, -0.15) is 0 Å². The Kier molecular flexibility index (Phi) is 6.23. The second-order valence-corrected chi connectivity index (χ2v) is 6.67. The van der Waals surface area contributed by atoms with Crippen molar-refractivity contribution in [2.75, 3.05) is 5.75 Å². The van der Waals surface area contributed by atoms with Gasteiger partial charge in [0.05, 0.1) is 16.8 Å². The molecule has 3 aromatic rings. The van der Waals surface area contributed by atoms with E-state index in [0.29, 0.717) is 5.75 Å². The molecular formula is C21H20N2OS. The van der Waals surface area contributed by atoms with Crippen LogP contribution in [0.3, 0.4) is 0 Å². The van der Waals surface area contributed by atoms with Crippen molar-refractivity contribution in [1.82, 2.24) is 10.3 Å². The van der Waals surface area contributed by atoms with Gasteiger partial charge in [0.15, 0.2) is 0 Å². The minimum atomic E-state index is -0.0413. The van der Waals surface area contributed by atoms with Gasteiger partial charge in [-0.05, 0) is 29.7 Å². The first-order valence-electron chi connectivity index (χ1n) is 8.23. The summed E-state index contributed by atoms with van der Waals surface area (Å²) in [7, 11) is 0. The van der Waals surface area contributed by atoms with Gasteiger partial charge in [-0.15, -0.1) is 0 Å². The van der Waals surface area contributed by atoms with Crippen molar-refractivity contribution in [1.29, 1.82) is 0 Å². The van der Waals surface area contributed by atoms with E-state index in [2.05, 4.69) is 34.6 Å². The predicted octanol–water partition coefficient (Wildman–Crippen LogP) is 4.27. The lowest BCUT2D eigenvalue weighted by atomic mass is 9.99. The molecule has 0 fully saturated rings. The molecule has 25 heavy (non-hydrogen) atoms. The maximum absolute atomic E-state index is 12.4. The molecule has 1 atom stereocenters. The second kappa shape index (κ2) is 9.04. The summed E-state index contributed by atoms with van der Waals surface area (Å²) in [6, 6.07) is 26.0. The van der Waals surface area contributed by atoms with Crippen LogP contribution in [0.5, 0.6) is 0 Å². The Morgan fingerprint density at radius 1 is 0.920 bits per heavy atom. The van der Waals surface area contributed by atoms with E-state index in [1.54, 1.807) is 6.20 Å². The van der Waals surface area contributed by atoms with Gasteiger partial charge in [-0.1, -0.05) is 78.5 Å².